The molecule has 4 heteroatoms. The maximum Gasteiger partial charge on any atom is 0.226 e. The van der Waals surface area contributed by atoms with Crippen molar-refractivity contribution >= 4 is 17.4 Å². The molecule has 1 saturated carbocycles. The summed E-state index contributed by atoms with van der Waals surface area (Å²) in [6.45, 7) is 2.00. The van der Waals surface area contributed by atoms with Crippen LogP contribution >= 0.6 is 0 Å². The van der Waals surface area contributed by atoms with Crippen molar-refractivity contribution in [2.45, 2.75) is 51.0 Å². The van der Waals surface area contributed by atoms with Crippen LogP contribution in [-0.4, -0.2) is 23.5 Å². The first-order valence-corrected chi connectivity index (χ1v) is 7.11. The van der Waals surface area contributed by atoms with E-state index in [2.05, 4.69) is 22.2 Å². The Kier molecular flexibility index (Phi) is 2.96. The molecule has 3 rings (SSSR count). The Bertz CT molecular complexity index is 506. The number of rotatable bonds is 0. The summed E-state index contributed by atoms with van der Waals surface area (Å²) in [5.74, 6) is 1.04. The van der Waals surface area contributed by atoms with Crippen LogP contribution in [0.25, 0.3) is 0 Å². The molecule has 1 N–H and O–H groups in total. The molecular weight excluding hydrogens is 238 g/mol. The Balaban J connectivity index is 2.06. The van der Waals surface area contributed by atoms with Gasteiger partial charge in [-0.05, 0) is 31.4 Å². The van der Waals surface area contributed by atoms with Crippen molar-refractivity contribution in [2.24, 2.45) is 0 Å². The average Bonchev–Trinajstić information content (AvgIpc) is 2.47. The number of aryl methyl sites for hydroxylation is 1. The predicted octanol–water partition coefficient (Wildman–Crippen LogP) is 2.87. The van der Waals surface area contributed by atoms with E-state index < -0.39 is 0 Å². The number of hydrogen-bond donors (Lipinski definition) is 1. The molecule has 1 aromatic rings. The van der Waals surface area contributed by atoms with Gasteiger partial charge >= 0.3 is 0 Å². The van der Waals surface area contributed by atoms with Crippen molar-refractivity contribution < 1.29 is 4.79 Å². The molecule has 102 valence electrons. The summed E-state index contributed by atoms with van der Waals surface area (Å²) in [5, 5.41) is 3.02. The Labute approximate surface area is 114 Å². The molecule has 0 saturated heterocycles. The SMILES string of the molecule is Cc1cnc2c(c1)NC(=O)CC1(CCCCC1)N2C. The van der Waals surface area contributed by atoms with Gasteiger partial charge in [0.15, 0.2) is 5.82 Å². The lowest BCUT2D eigenvalue weighted by atomic mass is 9.78. The van der Waals surface area contributed by atoms with Gasteiger partial charge < -0.3 is 10.2 Å². The number of nitrogens with one attached hydrogen (secondary N) is 1. The van der Waals surface area contributed by atoms with E-state index >= 15 is 0 Å². The predicted molar refractivity (Wildman–Crippen MR) is 76.4 cm³/mol. The van der Waals surface area contributed by atoms with Gasteiger partial charge in [-0.3, -0.25) is 4.79 Å². The lowest BCUT2D eigenvalue weighted by molar-refractivity contribution is -0.117. The minimum Gasteiger partial charge on any atom is -0.352 e. The Hall–Kier alpha value is -1.58. The Morgan fingerprint density at radius 1 is 1.32 bits per heavy atom. The van der Waals surface area contributed by atoms with Gasteiger partial charge in [0.05, 0.1) is 17.6 Å². The van der Waals surface area contributed by atoms with Crippen LogP contribution in [-0.2, 0) is 4.79 Å². The van der Waals surface area contributed by atoms with Crippen molar-refractivity contribution in [3.05, 3.63) is 17.8 Å². The van der Waals surface area contributed by atoms with Crippen LogP contribution in [0.2, 0.25) is 0 Å². The lowest BCUT2D eigenvalue weighted by Crippen LogP contribution is -2.49. The number of aromatic nitrogens is 1. The zero-order chi connectivity index (χ0) is 13.5. The van der Waals surface area contributed by atoms with E-state index in [0.717, 1.165) is 29.9 Å². The molecule has 4 nitrogen and oxygen atoms in total. The van der Waals surface area contributed by atoms with Gasteiger partial charge in [-0.2, -0.15) is 0 Å². The molecule has 1 aliphatic carbocycles. The van der Waals surface area contributed by atoms with Crippen molar-refractivity contribution in [1.29, 1.82) is 0 Å². The summed E-state index contributed by atoms with van der Waals surface area (Å²) in [6, 6.07) is 2.01. The average molecular weight is 259 g/mol. The number of amides is 1. The van der Waals surface area contributed by atoms with Crippen LogP contribution in [0.1, 0.15) is 44.1 Å². The molecule has 0 radical (unpaired) electrons. The second-order valence-corrected chi connectivity index (χ2v) is 5.95. The second-order valence-electron chi connectivity index (χ2n) is 5.95. The van der Waals surface area contributed by atoms with Gasteiger partial charge in [-0.15, -0.1) is 0 Å². The van der Waals surface area contributed by atoms with Crippen LogP contribution in [0.15, 0.2) is 12.3 Å². The Morgan fingerprint density at radius 3 is 2.79 bits per heavy atom. The summed E-state index contributed by atoms with van der Waals surface area (Å²) >= 11 is 0. The van der Waals surface area contributed by atoms with E-state index in [1.54, 1.807) is 0 Å². The summed E-state index contributed by atoms with van der Waals surface area (Å²) in [5.41, 5.74) is 1.90. The third kappa shape index (κ3) is 2.09. The highest BCUT2D eigenvalue weighted by Crippen LogP contribution is 2.42. The third-order valence-corrected chi connectivity index (χ3v) is 4.58. The zero-order valence-corrected chi connectivity index (χ0v) is 11.7. The largest absolute Gasteiger partial charge is 0.352 e. The van der Waals surface area contributed by atoms with Gasteiger partial charge in [-0.1, -0.05) is 19.3 Å². The second kappa shape index (κ2) is 4.51. The zero-order valence-electron chi connectivity index (χ0n) is 11.7. The van der Waals surface area contributed by atoms with Crippen molar-refractivity contribution in [3.63, 3.8) is 0 Å². The molecule has 1 aliphatic heterocycles. The topological polar surface area (TPSA) is 45.2 Å². The first-order valence-electron chi connectivity index (χ1n) is 7.11. The van der Waals surface area contributed by atoms with E-state index in [-0.39, 0.29) is 11.4 Å². The smallest absolute Gasteiger partial charge is 0.226 e. The molecule has 0 unspecified atom stereocenters. The summed E-state index contributed by atoms with van der Waals surface area (Å²) in [4.78, 5) is 19.0. The van der Waals surface area contributed by atoms with Crippen LogP contribution in [0.5, 0.6) is 0 Å². The first-order chi connectivity index (χ1) is 9.11. The molecular formula is C15H21N3O. The highest BCUT2D eigenvalue weighted by atomic mass is 16.1. The maximum absolute atomic E-state index is 12.2. The van der Waals surface area contributed by atoms with Gasteiger partial charge in [-0.25, -0.2) is 4.98 Å². The minimum atomic E-state index is -0.0319. The molecule has 19 heavy (non-hydrogen) atoms. The van der Waals surface area contributed by atoms with Crippen molar-refractivity contribution in [1.82, 2.24) is 4.98 Å². The van der Waals surface area contributed by atoms with Crippen LogP contribution in [0.4, 0.5) is 11.5 Å². The quantitative estimate of drug-likeness (QED) is 0.779. The maximum atomic E-state index is 12.2. The highest BCUT2D eigenvalue weighted by Gasteiger charge is 2.41. The number of carbonyl (C=O) groups is 1. The standard InChI is InChI=1S/C15H21N3O/c1-11-8-12-14(16-10-11)18(2)15(9-13(19)17-12)6-4-3-5-7-15/h8,10H,3-7,9H2,1-2H3,(H,17,19). The van der Waals surface area contributed by atoms with E-state index in [0.29, 0.717) is 6.42 Å². The van der Waals surface area contributed by atoms with E-state index in [1.165, 1.54) is 19.3 Å². The number of fused-ring (bicyclic) bond motifs is 1. The van der Waals surface area contributed by atoms with Gasteiger partial charge in [0.1, 0.15) is 0 Å². The molecule has 2 aliphatic rings. The van der Waals surface area contributed by atoms with Crippen molar-refractivity contribution in [2.75, 3.05) is 17.3 Å². The van der Waals surface area contributed by atoms with E-state index in [4.69, 9.17) is 0 Å². The molecule has 1 amide bonds. The number of nitrogens with zero attached hydrogens (tertiary/aromatic N) is 2. The molecule has 1 aromatic heterocycles. The Morgan fingerprint density at radius 2 is 2.05 bits per heavy atom. The fourth-order valence-electron chi connectivity index (χ4n) is 3.48. The molecule has 2 heterocycles. The third-order valence-electron chi connectivity index (χ3n) is 4.58. The van der Waals surface area contributed by atoms with Crippen LogP contribution in [0.3, 0.4) is 0 Å². The summed E-state index contributed by atoms with van der Waals surface area (Å²) in [7, 11) is 2.09. The molecule has 1 fully saturated rings. The first kappa shape index (κ1) is 12.5. The number of hydrogen-bond acceptors (Lipinski definition) is 3. The summed E-state index contributed by atoms with van der Waals surface area (Å²) < 4.78 is 0. The van der Waals surface area contributed by atoms with Gasteiger partial charge in [0, 0.05) is 13.2 Å². The monoisotopic (exact) mass is 259 g/mol. The highest BCUT2D eigenvalue weighted by molar-refractivity contribution is 5.96. The molecule has 0 bridgehead atoms. The van der Waals surface area contributed by atoms with E-state index in [9.17, 15) is 4.79 Å². The molecule has 0 atom stereocenters. The normalized spacial score (nSPS) is 21.8. The molecule has 1 spiro atoms. The fraction of sp³-hybridized carbons (Fsp3) is 0.600. The number of anilines is 2. The fourth-order valence-corrected chi connectivity index (χ4v) is 3.48. The number of pyridine rings is 1. The van der Waals surface area contributed by atoms with Gasteiger partial charge in [0.25, 0.3) is 0 Å². The van der Waals surface area contributed by atoms with E-state index in [1.807, 2.05) is 19.2 Å². The summed E-state index contributed by atoms with van der Waals surface area (Å²) in [6.07, 6.45) is 8.34. The lowest BCUT2D eigenvalue weighted by Gasteiger charge is -2.43. The van der Waals surface area contributed by atoms with Crippen molar-refractivity contribution in [3.8, 4) is 0 Å². The van der Waals surface area contributed by atoms with Crippen LogP contribution < -0.4 is 10.2 Å². The number of carbonyl (C=O) groups excluding carboxylic acids is 1. The van der Waals surface area contributed by atoms with Crippen LogP contribution in [0, 0.1) is 6.92 Å². The molecule has 0 aromatic carbocycles. The van der Waals surface area contributed by atoms with Gasteiger partial charge in [0.2, 0.25) is 5.91 Å². The minimum absolute atomic E-state index is 0.0319.